The van der Waals surface area contributed by atoms with Gasteiger partial charge in [0.2, 0.25) is 10.6 Å². The van der Waals surface area contributed by atoms with Crippen LogP contribution in [-0.4, -0.2) is 37.3 Å². The number of furan rings is 1. The Morgan fingerprint density at radius 3 is 2.52 bits per heavy atom. The van der Waals surface area contributed by atoms with Crippen molar-refractivity contribution in [3.63, 3.8) is 0 Å². The van der Waals surface area contributed by atoms with E-state index < -0.39 is 0 Å². The van der Waals surface area contributed by atoms with Crippen LogP contribution in [0.1, 0.15) is 5.56 Å². The molecule has 0 aliphatic carbocycles. The lowest BCUT2D eigenvalue weighted by Gasteiger charge is -2.09. The van der Waals surface area contributed by atoms with Gasteiger partial charge >= 0.3 is 0 Å². The van der Waals surface area contributed by atoms with E-state index in [1.54, 1.807) is 36.3 Å². The fourth-order valence-corrected chi connectivity index (χ4v) is 3.05. The number of thiazole rings is 1. The SMILES string of the molecule is CN=c1scc(-c2ccco2)n1N=Cc1cc(OC)c(O)c(OC)c1. The summed E-state index contributed by atoms with van der Waals surface area (Å²) in [6.07, 6.45) is 3.25. The molecule has 0 spiro atoms. The second-order valence-corrected chi connectivity index (χ2v) is 5.77. The summed E-state index contributed by atoms with van der Waals surface area (Å²) in [5.41, 5.74) is 1.50. The molecule has 7 nitrogen and oxygen atoms in total. The number of ether oxygens (including phenoxy) is 2. The smallest absolute Gasteiger partial charge is 0.206 e. The molecule has 0 aliphatic rings. The van der Waals surface area contributed by atoms with Crippen LogP contribution in [0.4, 0.5) is 0 Å². The predicted molar refractivity (Wildman–Crippen MR) is 95.7 cm³/mol. The largest absolute Gasteiger partial charge is 0.502 e. The van der Waals surface area contributed by atoms with Crippen molar-refractivity contribution in [2.24, 2.45) is 10.1 Å². The normalized spacial score (nSPS) is 12.0. The monoisotopic (exact) mass is 359 g/mol. The van der Waals surface area contributed by atoms with Gasteiger partial charge in [-0.25, -0.2) is 4.68 Å². The molecule has 25 heavy (non-hydrogen) atoms. The lowest BCUT2D eigenvalue weighted by molar-refractivity contribution is 0.340. The third kappa shape index (κ3) is 3.29. The maximum atomic E-state index is 9.99. The van der Waals surface area contributed by atoms with Crippen LogP contribution in [0, 0.1) is 0 Å². The summed E-state index contributed by atoms with van der Waals surface area (Å²) < 4.78 is 17.5. The molecule has 8 heteroatoms. The summed E-state index contributed by atoms with van der Waals surface area (Å²) in [7, 11) is 4.66. The zero-order valence-electron chi connectivity index (χ0n) is 14.0. The Morgan fingerprint density at radius 2 is 1.96 bits per heavy atom. The standard InChI is InChI=1S/C17H17N3O4S/c1-18-17-20(12(10-25-17)13-5-4-6-24-13)19-9-11-7-14(22-2)16(21)15(8-11)23-3/h4-10,21H,1-3H3. The highest BCUT2D eigenvalue weighted by Crippen LogP contribution is 2.36. The summed E-state index contributed by atoms with van der Waals surface area (Å²) in [5, 5.41) is 16.4. The second kappa shape index (κ2) is 7.27. The molecule has 3 aromatic rings. The number of phenols is 1. The zero-order chi connectivity index (χ0) is 17.8. The number of aromatic nitrogens is 1. The zero-order valence-corrected chi connectivity index (χ0v) is 14.8. The third-order valence-electron chi connectivity index (χ3n) is 3.47. The number of hydrogen-bond acceptors (Lipinski definition) is 7. The van der Waals surface area contributed by atoms with Crippen LogP contribution in [0.15, 0.2) is 50.4 Å². The van der Waals surface area contributed by atoms with Crippen molar-refractivity contribution < 1.29 is 19.0 Å². The van der Waals surface area contributed by atoms with E-state index in [0.29, 0.717) is 22.8 Å². The average Bonchev–Trinajstić information content (AvgIpc) is 3.29. The molecule has 2 heterocycles. The Morgan fingerprint density at radius 1 is 1.24 bits per heavy atom. The number of nitrogens with zero attached hydrogens (tertiary/aromatic N) is 3. The summed E-state index contributed by atoms with van der Waals surface area (Å²) in [6.45, 7) is 0. The molecular formula is C17H17N3O4S. The van der Waals surface area contributed by atoms with Crippen molar-refractivity contribution in [3.8, 4) is 28.7 Å². The average molecular weight is 359 g/mol. The highest BCUT2D eigenvalue weighted by molar-refractivity contribution is 7.07. The van der Waals surface area contributed by atoms with Gasteiger partial charge in [0, 0.05) is 18.0 Å². The number of benzene rings is 1. The van der Waals surface area contributed by atoms with Crippen LogP contribution in [0.5, 0.6) is 17.2 Å². The Labute approximate surface area is 148 Å². The molecule has 0 amide bonds. The lowest BCUT2D eigenvalue weighted by atomic mass is 10.2. The highest BCUT2D eigenvalue weighted by atomic mass is 32.1. The molecule has 0 unspecified atom stereocenters. The summed E-state index contributed by atoms with van der Waals surface area (Å²) in [4.78, 5) is 4.95. The number of rotatable bonds is 5. The summed E-state index contributed by atoms with van der Waals surface area (Å²) in [6, 6.07) is 7.02. The van der Waals surface area contributed by atoms with Gasteiger partial charge in [-0.1, -0.05) is 0 Å². The molecule has 0 radical (unpaired) electrons. The van der Waals surface area contributed by atoms with Crippen LogP contribution < -0.4 is 14.3 Å². The number of methoxy groups -OCH3 is 2. The van der Waals surface area contributed by atoms with Gasteiger partial charge in [0.05, 0.1) is 26.7 Å². The Balaban J connectivity index is 2.05. The number of hydrogen-bond donors (Lipinski definition) is 1. The van der Waals surface area contributed by atoms with Crippen molar-refractivity contribution in [1.82, 2.24) is 4.68 Å². The Bertz CT molecular complexity index is 930. The van der Waals surface area contributed by atoms with Gasteiger partial charge in [0.25, 0.3) is 0 Å². The van der Waals surface area contributed by atoms with Crippen LogP contribution in [0.3, 0.4) is 0 Å². The van der Waals surface area contributed by atoms with Crippen molar-refractivity contribution in [3.05, 3.63) is 46.3 Å². The molecule has 0 bridgehead atoms. The first-order valence-corrected chi connectivity index (χ1v) is 8.22. The minimum atomic E-state index is -0.0501. The van der Waals surface area contributed by atoms with Crippen molar-refractivity contribution in [2.75, 3.05) is 21.3 Å². The number of aromatic hydroxyl groups is 1. The summed E-state index contributed by atoms with van der Waals surface area (Å²) >= 11 is 1.46. The second-order valence-electron chi connectivity index (χ2n) is 4.93. The first-order chi connectivity index (χ1) is 12.2. The van der Waals surface area contributed by atoms with Gasteiger partial charge < -0.3 is 19.0 Å². The molecule has 1 aromatic carbocycles. The molecule has 1 N–H and O–H groups in total. The molecule has 0 saturated heterocycles. The van der Waals surface area contributed by atoms with E-state index in [-0.39, 0.29) is 5.75 Å². The van der Waals surface area contributed by atoms with Crippen LogP contribution in [0.2, 0.25) is 0 Å². The Kier molecular flexibility index (Phi) is 4.90. The molecule has 0 saturated carbocycles. The first-order valence-electron chi connectivity index (χ1n) is 7.34. The highest BCUT2D eigenvalue weighted by Gasteiger charge is 2.12. The Hall–Kier alpha value is -3.00. The van der Waals surface area contributed by atoms with Gasteiger partial charge in [-0.2, -0.15) is 5.10 Å². The molecule has 0 fully saturated rings. The third-order valence-corrected chi connectivity index (χ3v) is 4.38. The minimum Gasteiger partial charge on any atom is -0.502 e. The molecule has 0 aliphatic heterocycles. The maximum Gasteiger partial charge on any atom is 0.206 e. The number of phenolic OH excluding ortho intramolecular Hbond substituents is 1. The fraction of sp³-hybridized carbons (Fsp3) is 0.176. The van der Waals surface area contributed by atoms with Crippen LogP contribution in [-0.2, 0) is 0 Å². The van der Waals surface area contributed by atoms with Gasteiger partial charge in [-0.05, 0) is 24.3 Å². The fourth-order valence-electron chi connectivity index (χ4n) is 2.27. The van der Waals surface area contributed by atoms with E-state index >= 15 is 0 Å². The molecule has 130 valence electrons. The van der Waals surface area contributed by atoms with Gasteiger partial charge in [-0.3, -0.25) is 4.99 Å². The van der Waals surface area contributed by atoms with Crippen LogP contribution in [0.25, 0.3) is 11.5 Å². The molecule has 3 rings (SSSR count). The van der Waals surface area contributed by atoms with Crippen LogP contribution >= 0.6 is 11.3 Å². The maximum absolute atomic E-state index is 9.99. The quantitative estimate of drug-likeness (QED) is 0.710. The van der Waals surface area contributed by atoms with Crippen molar-refractivity contribution in [1.29, 1.82) is 0 Å². The van der Waals surface area contributed by atoms with Gasteiger partial charge in [-0.15, -0.1) is 11.3 Å². The van der Waals surface area contributed by atoms with E-state index in [4.69, 9.17) is 13.9 Å². The van der Waals surface area contributed by atoms with E-state index in [9.17, 15) is 5.11 Å². The predicted octanol–water partition coefficient (Wildman–Crippen LogP) is 2.95. The van der Waals surface area contributed by atoms with E-state index in [0.717, 1.165) is 10.5 Å². The van der Waals surface area contributed by atoms with E-state index in [1.165, 1.54) is 25.6 Å². The van der Waals surface area contributed by atoms with E-state index in [2.05, 4.69) is 10.1 Å². The van der Waals surface area contributed by atoms with E-state index in [1.807, 2.05) is 17.5 Å². The molecule has 0 atom stereocenters. The van der Waals surface area contributed by atoms with Crippen molar-refractivity contribution in [2.45, 2.75) is 0 Å². The summed E-state index contributed by atoms with van der Waals surface area (Å²) in [5.74, 6) is 1.26. The van der Waals surface area contributed by atoms with Gasteiger partial charge in [0.1, 0.15) is 5.69 Å². The minimum absolute atomic E-state index is 0.0501. The van der Waals surface area contributed by atoms with Crippen molar-refractivity contribution >= 4 is 17.6 Å². The molecule has 2 aromatic heterocycles. The first kappa shape index (κ1) is 16.8. The van der Waals surface area contributed by atoms with Gasteiger partial charge in [0.15, 0.2) is 17.3 Å². The molecular weight excluding hydrogens is 342 g/mol. The lowest BCUT2D eigenvalue weighted by Crippen LogP contribution is -2.11. The topological polar surface area (TPSA) is 81.5 Å².